The molecule has 0 bridgehead atoms. The molecule has 0 radical (unpaired) electrons. The summed E-state index contributed by atoms with van der Waals surface area (Å²) in [6, 6.07) is 0. The molecule has 0 saturated carbocycles. The average Bonchev–Trinajstić information content (AvgIpc) is 2.30. The third-order valence-electron chi connectivity index (χ3n) is 2.06. The molecule has 0 unspecified atom stereocenters. The Labute approximate surface area is 99.2 Å². The second-order valence-electron chi connectivity index (χ2n) is 3.07. The Morgan fingerprint density at radius 2 is 1.80 bits per heavy atom. The molecule has 0 amide bonds. The highest BCUT2D eigenvalue weighted by molar-refractivity contribution is 6.43. The summed E-state index contributed by atoms with van der Waals surface area (Å²) in [5, 5.41) is 9.74. The molecule has 0 aromatic carbocycles. The largest absolute Gasteiger partial charge is 0.425 e. The Balaban J connectivity index is 0. The van der Waals surface area contributed by atoms with Crippen molar-refractivity contribution in [1.29, 1.82) is 0 Å². The van der Waals surface area contributed by atoms with Crippen molar-refractivity contribution in [2.24, 2.45) is 10.2 Å². The van der Waals surface area contributed by atoms with E-state index in [1.54, 1.807) is 12.3 Å². The van der Waals surface area contributed by atoms with Crippen molar-refractivity contribution in [2.45, 2.75) is 34.2 Å². The molecule has 0 N–H and O–H groups in total. The molecule has 0 saturated heterocycles. The van der Waals surface area contributed by atoms with Crippen LogP contribution in [-0.2, 0) is 4.43 Å². The van der Waals surface area contributed by atoms with Gasteiger partial charge in [0.05, 0.1) is 12.7 Å². The van der Waals surface area contributed by atoms with E-state index in [-0.39, 0.29) is 9.52 Å². The van der Waals surface area contributed by atoms with Gasteiger partial charge in [0, 0.05) is 16.6 Å². The van der Waals surface area contributed by atoms with Crippen LogP contribution in [0.1, 0.15) is 27.7 Å². The van der Waals surface area contributed by atoms with Gasteiger partial charge < -0.3 is 4.43 Å². The van der Waals surface area contributed by atoms with Gasteiger partial charge in [-0.05, 0) is 13.8 Å². The molecule has 0 aromatic heterocycles. The van der Waals surface area contributed by atoms with Gasteiger partial charge in [-0.25, -0.2) is 0 Å². The fourth-order valence-electron chi connectivity index (χ4n) is 0.796. The lowest BCUT2D eigenvalue weighted by molar-refractivity contribution is 0.441. The predicted octanol–water partition coefficient (Wildman–Crippen LogP) is 1.66. The van der Waals surface area contributed by atoms with E-state index >= 15 is 0 Å². The molecule has 0 rings (SSSR count). The number of hydrogen-bond acceptors (Lipinski definition) is 3. The molecule has 0 spiro atoms. The maximum Gasteiger partial charge on any atom is 0.184 e. The molecule has 0 heterocycles. The van der Waals surface area contributed by atoms with Crippen LogP contribution in [-0.4, -0.2) is 39.1 Å². The summed E-state index contributed by atoms with van der Waals surface area (Å²) in [4.78, 5) is 0. The van der Waals surface area contributed by atoms with Crippen LogP contribution in [0.3, 0.4) is 0 Å². The van der Waals surface area contributed by atoms with Crippen molar-refractivity contribution in [3.05, 3.63) is 10.8 Å². The van der Waals surface area contributed by atoms with Gasteiger partial charge in [0.15, 0.2) is 9.76 Å². The Morgan fingerprint density at radius 3 is 2.27 bits per heavy atom. The summed E-state index contributed by atoms with van der Waals surface area (Å²) in [5.41, 5.74) is 1.40. The Hall–Kier alpha value is -0.266. The third kappa shape index (κ3) is 11.7. The summed E-state index contributed by atoms with van der Waals surface area (Å²) in [6.07, 6.45) is 0.812. The maximum atomic E-state index is 5.00. The van der Waals surface area contributed by atoms with Gasteiger partial charge >= 0.3 is 0 Å². The van der Waals surface area contributed by atoms with E-state index < -0.39 is 9.76 Å². The van der Waals surface area contributed by atoms with Crippen LogP contribution in [0.25, 0.3) is 0 Å². The smallest absolute Gasteiger partial charge is 0.184 e. The minimum absolute atomic E-state index is 0.00901. The molecular weight excluding hydrogens is 220 g/mol. The van der Waals surface area contributed by atoms with Gasteiger partial charge in [0.1, 0.15) is 0 Å². The van der Waals surface area contributed by atoms with Crippen molar-refractivity contribution >= 4 is 19.3 Å². The van der Waals surface area contributed by atoms with E-state index in [0.717, 1.165) is 12.7 Å². The molecule has 90 valence electrons. The van der Waals surface area contributed by atoms with Crippen molar-refractivity contribution < 1.29 is 4.43 Å². The molecule has 0 fully saturated rings. The first-order chi connectivity index (χ1) is 7.22. The van der Waals surface area contributed by atoms with Crippen LogP contribution in [0.5, 0.6) is 0 Å². The van der Waals surface area contributed by atoms with E-state index in [2.05, 4.69) is 30.6 Å². The molecular formula is C10H26N2OSi2. The lowest BCUT2D eigenvalue weighted by Crippen LogP contribution is -1.98. The van der Waals surface area contributed by atoms with Gasteiger partial charge in [0.25, 0.3) is 0 Å². The quantitative estimate of drug-likeness (QED) is 0.399. The molecule has 0 aliphatic carbocycles. The first-order valence-corrected chi connectivity index (χ1v) is 9.39. The Kier molecular flexibility index (Phi) is 15.7. The number of hydrogen-bond donors (Lipinski definition) is 0. The normalized spacial score (nSPS) is 13.7. The molecule has 0 aromatic rings. The third-order valence-corrected chi connectivity index (χ3v) is 4.52. The van der Waals surface area contributed by atoms with Crippen molar-refractivity contribution in [1.82, 2.24) is 0 Å². The zero-order valence-corrected chi connectivity index (χ0v) is 14.0. The number of allylic oxidation sites excluding steroid dienone is 1. The van der Waals surface area contributed by atoms with Crippen LogP contribution >= 0.6 is 0 Å². The SMILES string of the molecule is CC.CO[SiH2]CN=NCC(C)=C(C)[SiH2]C. The predicted molar refractivity (Wildman–Crippen MR) is 74.3 cm³/mol. The summed E-state index contributed by atoms with van der Waals surface area (Å²) in [6.45, 7) is 11.4. The Morgan fingerprint density at radius 1 is 1.20 bits per heavy atom. The number of azo groups is 1. The zero-order chi connectivity index (χ0) is 12.1. The Bertz CT molecular complexity index is 194. The van der Waals surface area contributed by atoms with Gasteiger partial charge in [-0.1, -0.05) is 31.2 Å². The highest BCUT2D eigenvalue weighted by atomic mass is 28.2. The van der Waals surface area contributed by atoms with Gasteiger partial charge in [-0.2, -0.15) is 10.2 Å². The number of rotatable bonds is 6. The highest BCUT2D eigenvalue weighted by Gasteiger charge is 1.92. The van der Waals surface area contributed by atoms with Crippen LogP contribution in [0.2, 0.25) is 6.55 Å². The van der Waals surface area contributed by atoms with E-state index in [1.807, 2.05) is 13.8 Å². The monoisotopic (exact) mass is 246 g/mol. The molecule has 0 aliphatic rings. The first-order valence-electron chi connectivity index (χ1n) is 5.69. The maximum absolute atomic E-state index is 5.00. The van der Waals surface area contributed by atoms with E-state index in [4.69, 9.17) is 4.43 Å². The molecule has 3 nitrogen and oxygen atoms in total. The van der Waals surface area contributed by atoms with Crippen molar-refractivity contribution in [2.75, 3.05) is 19.8 Å². The molecule has 5 heteroatoms. The lowest BCUT2D eigenvalue weighted by atomic mass is 10.3. The second kappa shape index (κ2) is 13.7. The topological polar surface area (TPSA) is 34.0 Å². The van der Waals surface area contributed by atoms with Crippen LogP contribution in [0.4, 0.5) is 0 Å². The molecule has 0 atom stereocenters. The summed E-state index contributed by atoms with van der Waals surface area (Å²) < 4.78 is 5.00. The minimum Gasteiger partial charge on any atom is -0.425 e. The van der Waals surface area contributed by atoms with E-state index in [1.165, 1.54) is 5.57 Å². The van der Waals surface area contributed by atoms with Crippen LogP contribution in [0, 0.1) is 0 Å². The zero-order valence-electron chi connectivity index (χ0n) is 11.1. The molecule has 15 heavy (non-hydrogen) atoms. The van der Waals surface area contributed by atoms with Crippen molar-refractivity contribution in [3.63, 3.8) is 0 Å². The molecule has 0 aliphatic heterocycles. The fraction of sp³-hybridized carbons (Fsp3) is 0.800. The first kappa shape index (κ1) is 17.1. The van der Waals surface area contributed by atoms with Gasteiger partial charge in [0.2, 0.25) is 0 Å². The number of nitrogens with zero attached hydrogens (tertiary/aromatic N) is 2. The highest BCUT2D eigenvalue weighted by Crippen LogP contribution is 2.01. The van der Waals surface area contributed by atoms with Gasteiger partial charge in [-0.15, -0.1) is 0 Å². The lowest BCUT2D eigenvalue weighted by Gasteiger charge is -2.00. The van der Waals surface area contributed by atoms with Gasteiger partial charge in [-0.3, -0.25) is 0 Å². The fourth-order valence-corrected chi connectivity index (χ4v) is 1.92. The van der Waals surface area contributed by atoms with Crippen LogP contribution < -0.4 is 0 Å². The summed E-state index contributed by atoms with van der Waals surface area (Å²) in [5.74, 6) is 0. The average molecular weight is 247 g/mol. The second-order valence-corrected chi connectivity index (χ2v) is 6.27. The standard InChI is InChI=1S/C8H20N2OSi2.C2H6/c1-7(8(2)12-4)5-9-10-6-13-11-3;1-2/h5-6,12-13H2,1-4H3;1-2H3. The summed E-state index contributed by atoms with van der Waals surface area (Å²) in [7, 11) is 1.33. The van der Waals surface area contributed by atoms with Crippen molar-refractivity contribution in [3.8, 4) is 0 Å². The minimum atomic E-state index is -0.416. The van der Waals surface area contributed by atoms with E-state index in [9.17, 15) is 0 Å². The van der Waals surface area contributed by atoms with Crippen LogP contribution in [0.15, 0.2) is 21.0 Å². The van der Waals surface area contributed by atoms with E-state index in [0.29, 0.717) is 0 Å². The summed E-state index contributed by atoms with van der Waals surface area (Å²) >= 11 is 0.